The van der Waals surface area contributed by atoms with Crippen LogP contribution >= 0.6 is 0 Å². The molecule has 0 aliphatic carbocycles. The lowest BCUT2D eigenvalue weighted by atomic mass is 10.0. The van der Waals surface area contributed by atoms with E-state index in [4.69, 9.17) is 36.6 Å². The van der Waals surface area contributed by atoms with Crippen molar-refractivity contribution in [3.63, 3.8) is 0 Å². The number of ether oxygens (including phenoxy) is 4. The summed E-state index contributed by atoms with van der Waals surface area (Å²) in [6, 6.07) is 22.9. The average Bonchev–Trinajstić information content (AvgIpc) is 4.05. The molecule has 0 spiro atoms. The van der Waals surface area contributed by atoms with Crippen LogP contribution in [0.5, 0.6) is 23.0 Å². The highest BCUT2D eigenvalue weighted by atomic mass is 16.6. The van der Waals surface area contributed by atoms with E-state index in [1.54, 1.807) is 84.9 Å². The smallest absolute Gasteiger partial charge is 0.421 e. The Hall–Kier alpha value is -7.36. The predicted octanol–water partition coefficient (Wildman–Crippen LogP) is 9.16. The molecule has 0 N–H and O–H groups in total. The van der Waals surface area contributed by atoms with Crippen LogP contribution in [-0.2, 0) is 12.8 Å². The van der Waals surface area contributed by atoms with Gasteiger partial charge in [-0.05, 0) is 85.3 Å². The van der Waals surface area contributed by atoms with Crippen molar-refractivity contribution in [1.82, 2.24) is 0 Å². The van der Waals surface area contributed by atoms with Crippen LogP contribution in [0.2, 0.25) is 0 Å². The maximum atomic E-state index is 13.1. The third kappa shape index (κ3) is 9.40. The largest absolute Gasteiger partial charge is 0.448 e. The number of hydrogen-bond acceptors (Lipinski definition) is 12. The number of anilines is 4. The Balaban J connectivity index is 1.13. The lowest BCUT2D eigenvalue weighted by molar-refractivity contribution is 0.197. The zero-order chi connectivity index (χ0) is 39.6. The molecule has 16 heteroatoms. The number of carbonyl (C=O) groups is 4. The second-order valence-corrected chi connectivity index (χ2v) is 12.3. The molecule has 0 bridgehead atoms. The number of benzene rings is 2. The minimum Gasteiger partial charge on any atom is -0.448 e. The van der Waals surface area contributed by atoms with Crippen LogP contribution in [0.25, 0.3) is 0 Å². The molecule has 0 fully saturated rings. The summed E-state index contributed by atoms with van der Waals surface area (Å²) < 4.78 is 43.8. The van der Waals surface area contributed by atoms with Crippen LogP contribution in [0.1, 0.15) is 24.0 Å². The summed E-state index contributed by atoms with van der Waals surface area (Å²) in [5.74, 6) is 1.16. The van der Waals surface area contributed by atoms with Crippen molar-refractivity contribution in [2.45, 2.75) is 25.7 Å². The number of unbranched alkanes of at least 4 members (excludes halogenated alkanes) is 1. The maximum Gasteiger partial charge on any atom is 0.421 e. The molecule has 290 valence electrons. The fourth-order valence-electron chi connectivity index (χ4n) is 5.26. The van der Waals surface area contributed by atoms with E-state index < -0.39 is 24.4 Å². The SMILES string of the molecule is CN(C(=O)Oc1ccc(CCCCc2ccc(OC(=O)N(C)c3ccco3)c(OC(=O)N(C)c3ccco3)c2)cc1OC(=O)N(C)c1ccco1)c1ccco1. The van der Waals surface area contributed by atoms with Crippen LogP contribution in [-0.4, -0.2) is 52.6 Å². The fourth-order valence-corrected chi connectivity index (χ4v) is 5.26. The minimum absolute atomic E-state index is 0.0225. The van der Waals surface area contributed by atoms with E-state index in [9.17, 15) is 19.2 Å². The summed E-state index contributed by atoms with van der Waals surface area (Å²) >= 11 is 0. The van der Waals surface area contributed by atoms with Gasteiger partial charge in [0.15, 0.2) is 23.0 Å². The van der Waals surface area contributed by atoms with Gasteiger partial charge in [0.05, 0.1) is 25.1 Å². The molecule has 0 saturated heterocycles. The van der Waals surface area contributed by atoms with Gasteiger partial charge in [0.25, 0.3) is 0 Å². The van der Waals surface area contributed by atoms with Crippen LogP contribution in [0, 0.1) is 0 Å². The molecule has 6 rings (SSSR count). The molecule has 2 aromatic carbocycles. The van der Waals surface area contributed by atoms with Gasteiger partial charge in [-0.1, -0.05) is 12.1 Å². The van der Waals surface area contributed by atoms with Gasteiger partial charge in [0, 0.05) is 52.5 Å². The second kappa shape index (κ2) is 17.6. The van der Waals surface area contributed by atoms with Crippen LogP contribution in [0.4, 0.5) is 42.7 Å². The number of nitrogens with zero attached hydrogens (tertiary/aromatic N) is 4. The zero-order valence-electron chi connectivity index (χ0n) is 30.9. The molecule has 0 aliphatic rings. The fraction of sp³-hybridized carbons (Fsp3) is 0.200. The van der Waals surface area contributed by atoms with Gasteiger partial charge < -0.3 is 36.6 Å². The number of furan rings is 4. The molecule has 4 aromatic heterocycles. The average molecular weight is 767 g/mol. The molecule has 4 amide bonds. The molecular formula is C40H38N4O12. The van der Waals surface area contributed by atoms with E-state index >= 15 is 0 Å². The molecule has 0 unspecified atom stereocenters. The van der Waals surface area contributed by atoms with E-state index in [0.29, 0.717) is 25.7 Å². The summed E-state index contributed by atoms with van der Waals surface area (Å²) in [6.07, 6.45) is 5.21. The highest BCUT2D eigenvalue weighted by Crippen LogP contribution is 2.33. The van der Waals surface area contributed by atoms with E-state index in [1.807, 2.05) is 0 Å². The van der Waals surface area contributed by atoms with Gasteiger partial charge in [-0.2, -0.15) is 0 Å². The van der Waals surface area contributed by atoms with Crippen molar-refractivity contribution in [3.05, 3.63) is 121 Å². The molecule has 0 radical (unpaired) electrons. The Kier molecular flexibility index (Phi) is 12.1. The lowest BCUT2D eigenvalue weighted by Crippen LogP contribution is -2.31. The quantitative estimate of drug-likeness (QED) is 0.102. The third-order valence-electron chi connectivity index (χ3n) is 8.43. The summed E-state index contributed by atoms with van der Waals surface area (Å²) in [6.45, 7) is 0. The Morgan fingerprint density at radius 1 is 0.429 bits per heavy atom. The Labute approximate surface area is 320 Å². The first-order valence-electron chi connectivity index (χ1n) is 17.3. The summed E-state index contributed by atoms with van der Waals surface area (Å²) in [5, 5.41) is 0. The minimum atomic E-state index is -0.762. The number of carbonyl (C=O) groups excluding carboxylic acids is 4. The van der Waals surface area contributed by atoms with Crippen LogP contribution in [0.3, 0.4) is 0 Å². The topological polar surface area (TPSA) is 171 Å². The van der Waals surface area contributed by atoms with Crippen molar-refractivity contribution in [3.8, 4) is 23.0 Å². The number of aryl methyl sites for hydroxylation is 2. The number of rotatable bonds is 13. The van der Waals surface area contributed by atoms with Gasteiger partial charge in [0.1, 0.15) is 0 Å². The molecule has 0 aliphatic heterocycles. The third-order valence-corrected chi connectivity index (χ3v) is 8.43. The van der Waals surface area contributed by atoms with Gasteiger partial charge in [-0.25, -0.2) is 19.2 Å². The predicted molar refractivity (Wildman–Crippen MR) is 202 cm³/mol. The molecule has 16 nitrogen and oxygen atoms in total. The molecule has 0 atom stereocenters. The molecule has 56 heavy (non-hydrogen) atoms. The maximum absolute atomic E-state index is 13.1. The van der Waals surface area contributed by atoms with E-state index in [-0.39, 0.29) is 46.5 Å². The highest BCUT2D eigenvalue weighted by molar-refractivity contribution is 5.90. The Morgan fingerprint density at radius 2 is 0.714 bits per heavy atom. The van der Waals surface area contributed by atoms with Gasteiger partial charge >= 0.3 is 24.4 Å². The van der Waals surface area contributed by atoms with Crippen molar-refractivity contribution in [2.75, 3.05) is 47.8 Å². The van der Waals surface area contributed by atoms with E-state index in [2.05, 4.69) is 0 Å². The summed E-state index contributed by atoms with van der Waals surface area (Å²) in [7, 11) is 5.95. The molecule has 6 aromatic rings. The molecule has 4 heterocycles. The van der Waals surface area contributed by atoms with Gasteiger partial charge in [-0.3, -0.25) is 19.6 Å². The first-order chi connectivity index (χ1) is 27.1. The first kappa shape index (κ1) is 38.4. The highest BCUT2D eigenvalue weighted by Gasteiger charge is 2.24. The van der Waals surface area contributed by atoms with Gasteiger partial charge in [-0.15, -0.1) is 0 Å². The normalized spacial score (nSPS) is 10.7. The molecule has 0 saturated carbocycles. The van der Waals surface area contributed by atoms with Gasteiger partial charge in [0.2, 0.25) is 23.5 Å². The van der Waals surface area contributed by atoms with Crippen LogP contribution < -0.4 is 38.5 Å². The van der Waals surface area contributed by atoms with Crippen molar-refractivity contribution < 1.29 is 55.8 Å². The van der Waals surface area contributed by atoms with E-state index in [1.165, 1.54) is 72.8 Å². The number of amides is 4. The first-order valence-corrected chi connectivity index (χ1v) is 17.3. The number of hydrogen-bond donors (Lipinski definition) is 0. The summed E-state index contributed by atoms with van der Waals surface area (Å²) in [4.78, 5) is 56.7. The van der Waals surface area contributed by atoms with Crippen molar-refractivity contribution in [1.29, 1.82) is 0 Å². The Morgan fingerprint density at radius 3 is 0.982 bits per heavy atom. The standard InChI is InChI=1S/C40H38N4O12/c1-41(33-13-7-21-49-33)37(45)53-29-19-17-27(25-31(29)55-39(47)43(3)35-15-9-23-51-35)11-5-6-12-28-18-20-30(54-38(46)42(2)34-14-8-22-50-34)32(26-28)56-40(48)44(4)36-16-10-24-52-36/h7-10,13-26H,5-6,11-12H2,1-4H3. The zero-order valence-corrected chi connectivity index (χ0v) is 30.9. The Bertz CT molecular complexity index is 2060. The van der Waals surface area contributed by atoms with E-state index in [0.717, 1.165) is 11.1 Å². The summed E-state index contributed by atoms with van der Waals surface area (Å²) in [5.41, 5.74) is 1.62. The monoisotopic (exact) mass is 766 g/mol. The lowest BCUT2D eigenvalue weighted by Gasteiger charge is -2.18. The van der Waals surface area contributed by atoms with Crippen molar-refractivity contribution >= 4 is 47.9 Å². The van der Waals surface area contributed by atoms with Crippen LogP contribution in [0.15, 0.2) is 128 Å². The van der Waals surface area contributed by atoms with Crippen molar-refractivity contribution in [2.24, 2.45) is 0 Å². The second-order valence-electron chi connectivity index (χ2n) is 12.3. The molecular weight excluding hydrogens is 728 g/mol.